The second-order valence-electron chi connectivity index (χ2n) is 5.83. The van der Waals surface area contributed by atoms with Gasteiger partial charge in [0.15, 0.2) is 0 Å². The van der Waals surface area contributed by atoms with Crippen LogP contribution in [0.5, 0.6) is 0 Å². The first-order chi connectivity index (χ1) is 8.90. The third kappa shape index (κ3) is 2.98. The minimum atomic E-state index is 0.707. The van der Waals surface area contributed by atoms with Gasteiger partial charge in [-0.15, -0.1) is 0 Å². The zero-order chi connectivity index (χ0) is 12.2. The lowest BCUT2D eigenvalue weighted by Crippen LogP contribution is -2.15. The van der Waals surface area contributed by atoms with E-state index < -0.39 is 0 Å². The van der Waals surface area contributed by atoms with Crippen molar-refractivity contribution in [3.05, 3.63) is 24.3 Å². The molecule has 0 aliphatic heterocycles. The molecule has 2 N–H and O–H groups in total. The van der Waals surface area contributed by atoms with Crippen LogP contribution in [0.2, 0.25) is 0 Å². The van der Waals surface area contributed by atoms with Crippen molar-refractivity contribution in [1.29, 1.82) is 0 Å². The SMILES string of the molecule is c1cc(NC2CCCC2)ccc1NC1CCCC1. The van der Waals surface area contributed by atoms with Gasteiger partial charge in [0.2, 0.25) is 0 Å². The largest absolute Gasteiger partial charge is 0.382 e. The average Bonchev–Trinajstić information content (AvgIpc) is 3.05. The monoisotopic (exact) mass is 244 g/mol. The van der Waals surface area contributed by atoms with Crippen LogP contribution in [0, 0.1) is 0 Å². The van der Waals surface area contributed by atoms with Gasteiger partial charge >= 0.3 is 0 Å². The van der Waals surface area contributed by atoms with Crippen LogP contribution >= 0.6 is 0 Å². The highest BCUT2D eigenvalue weighted by atomic mass is 14.9. The topological polar surface area (TPSA) is 24.1 Å². The Labute approximate surface area is 110 Å². The van der Waals surface area contributed by atoms with Crippen LogP contribution in [0.3, 0.4) is 0 Å². The molecule has 3 rings (SSSR count). The van der Waals surface area contributed by atoms with Crippen molar-refractivity contribution in [1.82, 2.24) is 0 Å². The van der Waals surface area contributed by atoms with Gasteiger partial charge in [0.1, 0.15) is 0 Å². The second-order valence-corrected chi connectivity index (χ2v) is 5.83. The number of benzene rings is 1. The number of anilines is 2. The van der Waals surface area contributed by atoms with E-state index in [0.717, 1.165) is 0 Å². The minimum absolute atomic E-state index is 0.707. The van der Waals surface area contributed by atoms with Gasteiger partial charge < -0.3 is 10.6 Å². The summed E-state index contributed by atoms with van der Waals surface area (Å²) in [5.74, 6) is 0. The molecule has 0 aromatic heterocycles. The Morgan fingerprint density at radius 3 is 1.28 bits per heavy atom. The molecule has 2 heteroatoms. The van der Waals surface area contributed by atoms with Gasteiger partial charge in [0.05, 0.1) is 0 Å². The van der Waals surface area contributed by atoms with E-state index in [0.29, 0.717) is 12.1 Å². The third-order valence-corrected chi connectivity index (χ3v) is 4.34. The van der Waals surface area contributed by atoms with Gasteiger partial charge in [-0.1, -0.05) is 25.7 Å². The fourth-order valence-electron chi connectivity index (χ4n) is 3.27. The van der Waals surface area contributed by atoms with Gasteiger partial charge in [-0.3, -0.25) is 0 Å². The molecule has 2 fully saturated rings. The molecule has 0 bridgehead atoms. The molecule has 1 aromatic rings. The lowest BCUT2D eigenvalue weighted by atomic mass is 10.2. The molecule has 2 nitrogen and oxygen atoms in total. The Morgan fingerprint density at radius 2 is 0.944 bits per heavy atom. The predicted molar refractivity (Wildman–Crippen MR) is 78.2 cm³/mol. The van der Waals surface area contributed by atoms with E-state index in [1.165, 1.54) is 62.7 Å². The third-order valence-electron chi connectivity index (χ3n) is 4.34. The predicted octanol–water partition coefficient (Wildman–Crippen LogP) is 4.40. The highest BCUT2D eigenvalue weighted by Gasteiger charge is 2.15. The van der Waals surface area contributed by atoms with Crippen LogP contribution < -0.4 is 10.6 Å². The molecule has 0 unspecified atom stereocenters. The van der Waals surface area contributed by atoms with E-state index in [1.54, 1.807) is 0 Å². The maximum absolute atomic E-state index is 3.63. The summed E-state index contributed by atoms with van der Waals surface area (Å²) in [6.45, 7) is 0. The second kappa shape index (κ2) is 5.64. The summed E-state index contributed by atoms with van der Waals surface area (Å²) in [7, 11) is 0. The van der Waals surface area contributed by atoms with Crippen molar-refractivity contribution < 1.29 is 0 Å². The van der Waals surface area contributed by atoms with Crippen molar-refractivity contribution in [2.24, 2.45) is 0 Å². The van der Waals surface area contributed by atoms with Crippen LogP contribution in [-0.4, -0.2) is 12.1 Å². The van der Waals surface area contributed by atoms with E-state index in [1.807, 2.05) is 0 Å². The Hall–Kier alpha value is -1.18. The highest BCUT2D eigenvalue weighted by molar-refractivity contribution is 5.54. The molecule has 2 aliphatic rings. The van der Waals surface area contributed by atoms with Crippen molar-refractivity contribution in [2.75, 3.05) is 10.6 Å². The molecule has 0 spiro atoms. The number of hydrogen-bond acceptors (Lipinski definition) is 2. The first-order valence-corrected chi connectivity index (χ1v) is 7.53. The number of hydrogen-bond donors (Lipinski definition) is 2. The molecule has 18 heavy (non-hydrogen) atoms. The first-order valence-electron chi connectivity index (χ1n) is 7.53. The van der Waals surface area contributed by atoms with Crippen LogP contribution in [0.15, 0.2) is 24.3 Å². The summed E-state index contributed by atoms with van der Waals surface area (Å²) in [6, 6.07) is 10.3. The van der Waals surface area contributed by atoms with Crippen molar-refractivity contribution >= 4 is 11.4 Å². The van der Waals surface area contributed by atoms with E-state index in [4.69, 9.17) is 0 Å². The van der Waals surface area contributed by atoms with Crippen LogP contribution in [0.4, 0.5) is 11.4 Å². The van der Waals surface area contributed by atoms with Gasteiger partial charge in [-0.25, -0.2) is 0 Å². The van der Waals surface area contributed by atoms with Crippen molar-refractivity contribution in [3.63, 3.8) is 0 Å². The Morgan fingerprint density at radius 1 is 0.611 bits per heavy atom. The summed E-state index contributed by atoms with van der Waals surface area (Å²) in [4.78, 5) is 0. The van der Waals surface area contributed by atoms with Crippen molar-refractivity contribution in [3.8, 4) is 0 Å². The number of rotatable bonds is 4. The zero-order valence-corrected chi connectivity index (χ0v) is 11.1. The summed E-state index contributed by atoms with van der Waals surface area (Å²) < 4.78 is 0. The Balaban J connectivity index is 1.54. The van der Waals surface area contributed by atoms with Crippen molar-refractivity contribution in [2.45, 2.75) is 63.5 Å². The molecule has 2 saturated carbocycles. The summed E-state index contributed by atoms with van der Waals surface area (Å²) in [6.07, 6.45) is 10.9. The zero-order valence-electron chi connectivity index (χ0n) is 11.1. The molecular weight excluding hydrogens is 220 g/mol. The maximum Gasteiger partial charge on any atom is 0.0343 e. The van der Waals surface area contributed by atoms with Gasteiger partial charge in [-0.05, 0) is 49.9 Å². The van der Waals surface area contributed by atoms with E-state index >= 15 is 0 Å². The summed E-state index contributed by atoms with van der Waals surface area (Å²) >= 11 is 0. The quantitative estimate of drug-likeness (QED) is 0.820. The van der Waals surface area contributed by atoms with E-state index in [2.05, 4.69) is 34.9 Å². The van der Waals surface area contributed by atoms with Crippen LogP contribution in [0.25, 0.3) is 0 Å². The molecule has 0 atom stereocenters. The van der Waals surface area contributed by atoms with Crippen LogP contribution in [0.1, 0.15) is 51.4 Å². The number of nitrogens with one attached hydrogen (secondary N) is 2. The van der Waals surface area contributed by atoms with E-state index in [9.17, 15) is 0 Å². The standard InChI is InChI=1S/C16H24N2/c1-2-6-13(5-1)17-15-9-11-16(12-10-15)18-14-7-3-4-8-14/h9-14,17-18H,1-8H2. The smallest absolute Gasteiger partial charge is 0.0343 e. The molecular formula is C16H24N2. The van der Waals surface area contributed by atoms with Crippen LogP contribution in [-0.2, 0) is 0 Å². The Kier molecular flexibility index (Phi) is 3.72. The van der Waals surface area contributed by atoms with E-state index in [-0.39, 0.29) is 0 Å². The molecule has 0 amide bonds. The minimum Gasteiger partial charge on any atom is -0.382 e. The van der Waals surface area contributed by atoms with Gasteiger partial charge in [-0.2, -0.15) is 0 Å². The summed E-state index contributed by atoms with van der Waals surface area (Å²) in [5.41, 5.74) is 2.55. The molecule has 2 aliphatic carbocycles. The fraction of sp³-hybridized carbons (Fsp3) is 0.625. The Bertz CT molecular complexity index is 322. The molecule has 0 radical (unpaired) electrons. The normalized spacial score (nSPS) is 21.3. The fourth-order valence-corrected chi connectivity index (χ4v) is 3.27. The average molecular weight is 244 g/mol. The lowest BCUT2D eigenvalue weighted by Gasteiger charge is -2.16. The summed E-state index contributed by atoms with van der Waals surface area (Å²) in [5, 5.41) is 7.27. The molecule has 0 heterocycles. The first kappa shape index (κ1) is 11.9. The van der Waals surface area contributed by atoms with Gasteiger partial charge in [0, 0.05) is 23.5 Å². The lowest BCUT2D eigenvalue weighted by molar-refractivity contribution is 0.753. The molecule has 0 saturated heterocycles. The maximum atomic E-state index is 3.63. The molecule has 1 aromatic carbocycles. The van der Waals surface area contributed by atoms with Gasteiger partial charge in [0.25, 0.3) is 0 Å². The molecule has 98 valence electrons. The highest BCUT2D eigenvalue weighted by Crippen LogP contribution is 2.25.